The summed E-state index contributed by atoms with van der Waals surface area (Å²) in [6, 6.07) is 0. The average Bonchev–Trinajstić information content (AvgIpc) is 2.44. The van der Waals surface area contributed by atoms with Crippen LogP contribution < -0.4 is 5.32 Å². The molecule has 0 aromatic heterocycles. The minimum absolute atomic E-state index is 0.146. The van der Waals surface area contributed by atoms with E-state index < -0.39 is 0 Å². The molecule has 0 amide bonds. The number of ether oxygens (including phenoxy) is 3. The van der Waals surface area contributed by atoms with Gasteiger partial charge in [0.15, 0.2) is 0 Å². The van der Waals surface area contributed by atoms with Gasteiger partial charge in [0.2, 0.25) is 0 Å². The zero-order valence-corrected chi connectivity index (χ0v) is 12.7. The number of rotatable bonds is 14. The van der Waals surface area contributed by atoms with Crippen LogP contribution in [-0.4, -0.2) is 63.9 Å². The van der Waals surface area contributed by atoms with E-state index in [4.69, 9.17) is 14.2 Å². The molecule has 19 heavy (non-hydrogen) atoms. The molecule has 0 saturated heterocycles. The Kier molecular flexibility index (Phi) is 12.7. The van der Waals surface area contributed by atoms with Crippen LogP contribution in [0.4, 0.5) is 0 Å². The maximum absolute atomic E-state index is 9.50. The Morgan fingerprint density at radius 3 is 2.16 bits per heavy atom. The van der Waals surface area contributed by atoms with Crippen LogP contribution in [0.2, 0.25) is 0 Å². The van der Waals surface area contributed by atoms with Crippen molar-refractivity contribution in [1.29, 1.82) is 0 Å². The van der Waals surface area contributed by atoms with Crippen LogP contribution in [0.3, 0.4) is 0 Å². The van der Waals surface area contributed by atoms with Crippen molar-refractivity contribution < 1.29 is 19.3 Å². The van der Waals surface area contributed by atoms with Crippen LogP contribution in [0.15, 0.2) is 0 Å². The third kappa shape index (κ3) is 9.35. The standard InChI is InChI=1S/C14H31NO4/c1-4-14(13-16,15-5-2)7-6-8-18-11-12-19-10-9-17-3/h15-16H,4-13H2,1-3H3. The highest BCUT2D eigenvalue weighted by atomic mass is 16.5. The Morgan fingerprint density at radius 2 is 1.63 bits per heavy atom. The van der Waals surface area contributed by atoms with Crippen molar-refractivity contribution in [2.24, 2.45) is 0 Å². The third-order valence-electron chi connectivity index (χ3n) is 3.28. The number of aliphatic hydroxyl groups is 1. The molecule has 0 aromatic carbocycles. The van der Waals surface area contributed by atoms with Gasteiger partial charge in [-0.15, -0.1) is 0 Å². The molecule has 0 aliphatic rings. The highest BCUT2D eigenvalue weighted by Gasteiger charge is 2.25. The van der Waals surface area contributed by atoms with Crippen molar-refractivity contribution in [3.05, 3.63) is 0 Å². The maximum Gasteiger partial charge on any atom is 0.0701 e. The van der Waals surface area contributed by atoms with Gasteiger partial charge in [-0.1, -0.05) is 13.8 Å². The molecule has 2 N–H and O–H groups in total. The molecule has 0 heterocycles. The zero-order valence-electron chi connectivity index (χ0n) is 12.7. The van der Waals surface area contributed by atoms with Gasteiger partial charge in [0.25, 0.3) is 0 Å². The molecule has 0 saturated carbocycles. The Balaban J connectivity index is 3.50. The van der Waals surface area contributed by atoms with Gasteiger partial charge in [-0.25, -0.2) is 0 Å². The van der Waals surface area contributed by atoms with Gasteiger partial charge in [0.1, 0.15) is 0 Å². The Labute approximate surface area is 117 Å². The summed E-state index contributed by atoms with van der Waals surface area (Å²) in [7, 11) is 1.66. The molecule has 0 fully saturated rings. The normalized spacial score (nSPS) is 14.5. The molecule has 5 heteroatoms. The Bertz CT molecular complexity index is 186. The van der Waals surface area contributed by atoms with Crippen molar-refractivity contribution in [2.75, 3.05) is 53.3 Å². The highest BCUT2D eigenvalue weighted by molar-refractivity contribution is 4.85. The summed E-state index contributed by atoms with van der Waals surface area (Å²) in [4.78, 5) is 0. The fourth-order valence-corrected chi connectivity index (χ4v) is 1.99. The summed E-state index contributed by atoms with van der Waals surface area (Å²) < 4.78 is 15.7. The Morgan fingerprint density at radius 1 is 1.00 bits per heavy atom. The van der Waals surface area contributed by atoms with E-state index in [0.29, 0.717) is 33.0 Å². The summed E-state index contributed by atoms with van der Waals surface area (Å²) >= 11 is 0. The summed E-state index contributed by atoms with van der Waals surface area (Å²) in [5, 5.41) is 12.9. The van der Waals surface area contributed by atoms with E-state index in [0.717, 1.165) is 25.8 Å². The first-order chi connectivity index (χ1) is 9.24. The minimum atomic E-state index is -0.146. The van der Waals surface area contributed by atoms with Gasteiger partial charge < -0.3 is 24.6 Å². The lowest BCUT2D eigenvalue weighted by atomic mass is 9.91. The molecule has 5 nitrogen and oxygen atoms in total. The SMILES string of the molecule is CCNC(CC)(CO)CCCOCCOCCOC. The fraction of sp³-hybridized carbons (Fsp3) is 1.00. The van der Waals surface area contributed by atoms with Gasteiger partial charge in [0.05, 0.1) is 33.0 Å². The molecular weight excluding hydrogens is 246 g/mol. The summed E-state index contributed by atoms with van der Waals surface area (Å²) in [5.41, 5.74) is -0.146. The molecule has 0 bridgehead atoms. The second-order valence-corrected chi connectivity index (χ2v) is 4.64. The monoisotopic (exact) mass is 277 g/mol. The van der Waals surface area contributed by atoms with Gasteiger partial charge in [-0.05, 0) is 25.8 Å². The fourth-order valence-electron chi connectivity index (χ4n) is 1.99. The van der Waals surface area contributed by atoms with E-state index in [1.807, 2.05) is 0 Å². The quantitative estimate of drug-likeness (QED) is 0.467. The predicted octanol–water partition coefficient (Wildman–Crippen LogP) is 1.20. The van der Waals surface area contributed by atoms with E-state index >= 15 is 0 Å². The first-order valence-corrected chi connectivity index (χ1v) is 7.25. The average molecular weight is 277 g/mol. The van der Waals surface area contributed by atoms with E-state index in [-0.39, 0.29) is 12.1 Å². The molecule has 1 atom stereocenters. The number of methoxy groups -OCH3 is 1. The van der Waals surface area contributed by atoms with E-state index in [9.17, 15) is 5.11 Å². The summed E-state index contributed by atoms with van der Waals surface area (Å²) in [6.07, 6.45) is 2.80. The van der Waals surface area contributed by atoms with Crippen LogP contribution in [-0.2, 0) is 14.2 Å². The van der Waals surface area contributed by atoms with Crippen molar-refractivity contribution in [2.45, 2.75) is 38.6 Å². The van der Waals surface area contributed by atoms with Gasteiger partial charge in [0, 0.05) is 19.3 Å². The molecule has 116 valence electrons. The van der Waals surface area contributed by atoms with Gasteiger partial charge >= 0.3 is 0 Å². The topological polar surface area (TPSA) is 60.0 Å². The maximum atomic E-state index is 9.50. The molecule has 0 aliphatic carbocycles. The molecule has 1 unspecified atom stereocenters. The molecule has 0 aromatic rings. The number of hydrogen-bond acceptors (Lipinski definition) is 5. The van der Waals surface area contributed by atoms with E-state index in [2.05, 4.69) is 19.2 Å². The second-order valence-electron chi connectivity index (χ2n) is 4.64. The number of likely N-dealkylation sites (N-methyl/N-ethyl adjacent to an activating group) is 1. The summed E-state index contributed by atoms with van der Waals surface area (Å²) in [6.45, 7) is 8.39. The van der Waals surface area contributed by atoms with Crippen molar-refractivity contribution >= 4 is 0 Å². The molecule has 0 radical (unpaired) electrons. The smallest absolute Gasteiger partial charge is 0.0701 e. The number of hydrogen-bond donors (Lipinski definition) is 2. The lowest BCUT2D eigenvalue weighted by molar-refractivity contribution is 0.0217. The minimum Gasteiger partial charge on any atom is -0.394 e. The molecular formula is C14H31NO4. The van der Waals surface area contributed by atoms with Gasteiger partial charge in [-0.2, -0.15) is 0 Å². The second kappa shape index (κ2) is 12.8. The largest absolute Gasteiger partial charge is 0.394 e. The molecule has 0 rings (SSSR count). The van der Waals surface area contributed by atoms with Crippen LogP contribution in [0.1, 0.15) is 33.1 Å². The lowest BCUT2D eigenvalue weighted by Gasteiger charge is -2.31. The lowest BCUT2D eigenvalue weighted by Crippen LogP contribution is -2.48. The van der Waals surface area contributed by atoms with Crippen molar-refractivity contribution in [1.82, 2.24) is 5.32 Å². The van der Waals surface area contributed by atoms with Crippen LogP contribution in [0, 0.1) is 0 Å². The molecule has 0 aliphatic heterocycles. The third-order valence-corrected chi connectivity index (χ3v) is 3.28. The highest BCUT2D eigenvalue weighted by Crippen LogP contribution is 2.16. The van der Waals surface area contributed by atoms with Crippen LogP contribution in [0.5, 0.6) is 0 Å². The van der Waals surface area contributed by atoms with Gasteiger partial charge in [-0.3, -0.25) is 0 Å². The van der Waals surface area contributed by atoms with Crippen LogP contribution >= 0.6 is 0 Å². The Hall–Kier alpha value is -0.200. The zero-order chi connectivity index (χ0) is 14.4. The van der Waals surface area contributed by atoms with E-state index in [1.54, 1.807) is 7.11 Å². The number of nitrogens with one attached hydrogen (secondary N) is 1. The van der Waals surface area contributed by atoms with Crippen molar-refractivity contribution in [3.63, 3.8) is 0 Å². The predicted molar refractivity (Wildman–Crippen MR) is 76.5 cm³/mol. The van der Waals surface area contributed by atoms with E-state index in [1.165, 1.54) is 0 Å². The first-order valence-electron chi connectivity index (χ1n) is 7.25. The van der Waals surface area contributed by atoms with Crippen molar-refractivity contribution in [3.8, 4) is 0 Å². The van der Waals surface area contributed by atoms with Crippen LogP contribution in [0.25, 0.3) is 0 Å². The summed E-state index contributed by atoms with van der Waals surface area (Å²) in [5.74, 6) is 0. The molecule has 0 spiro atoms. The number of aliphatic hydroxyl groups excluding tert-OH is 1. The first kappa shape index (κ1) is 18.8.